The summed E-state index contributed by atoms with van der Waals surface area (Å²) in [4.78, 5) is 74.1. The molecule has 2 aromatic rings. The van der Waals surface area contributed by atoms with Crippen molar-refractivity contribution in [3.8, 4) is 17.2 Å². The topological polar surface area (TPSA) is 298 Å². The second-order valence-corrected chi connectivity index (χ2v) is 13.3. The molecular formula is C33H44N4O16S. The summed E-state index contributed by atoms with van der Waals surface area (Å²) >= 11 is 0. The van der Waals surface area contributed by atoms with E-state index in [0.717, 1.165) is 9.80 Å². The van der Waals surface area contributed by atoms with E-state index in [4.69, 9.17) is 19.5 Å². The van der Waals surface area contributed by atoms with Crippen LogP contribution in [0, 0.1) is 13.8 Å². The minimum Gasteiger partial charge on any atom is -0.480 e. The van der Waals surface area contributed by atoms with E-state index in [2.05, 4.69) is 9.50 Å². The van der Waals surface area contributed by atoms with Crippen LogP contribution in [0.4, 0.5) is 0 Å². The van der Waals surface area contributed by atoms with Gasteiger partial charge in [0.2, 0.25) is 5.91 Å². The van der Waals surface area contributed by atoms with Gasteiger partial charge in [-0.1, -0.05) is 19.1 Å². The van der Waals surface area contributed by atoms with Gasteiger partial charge in [0, 0.05) is 32.6 Å². The van der Waals surface area contributed by atoms with Crippen molar-refractivity contribution in [1.29, 1.82) is 0 Å². The van der Waals surface area contributed by atoms with Gasteiger partial charge in [0.05, 0.1) is 32.7 Å². The van der Waals surface area contributed by atoms with E-state index in [1.807, 2.05) is 6.92 Å². The number of nitrogens with zero attached hydrogens (tertiary/aromatic N) is 3. The largest absolute Gasteiger partial charge is 0.480 e. The summed E-state index contributed by atoms with van der Waals surface area (Å²) in [6.45, 7) is 1.58. The minimum atomic E-state index is -4.73. The molecule has 0 bridgehead atoms. The smallest absolute Gasteiger partial charge is 0.446 e. The summed E-state index contributed by atoms with van der Waals surface area (Å²) in [6.07, 6.45) is 0.293. The molecule has 0 fully saturated rings. The van der Waals surface area contributed by atoms with Gasteiger partial charge in [-0.05, 0) is 60.7 Å². The number of ether oxygens (including phenoxy) is 1. The zero-order valence-corrected chi connectivity index (χ0v) is 30.6. The number of carboxylic acid groups (broad SMARTS) is 5. The van der Waals surface area contributed by atoms with E-state index in [9.17, 15) is 52.5 Å². The molecule has 0 spiro atoms. The number of carboxylic acids is 5. The lowest BCUT2D eigenvalue weighted by molar-refractivity contribution is -0.143. The van der Waals surface area contributed by atoms with Crippen LogP contribution in [0.1, 0.15) is 29.2 Å². The SMILES string of the molecule is CCc1cc(C[C@H](NC(=O)CN(CCN(CCN(CC(=O)O)CC(=O)O)CC(=O)O)CC(=O)O)C(=O)O)cc(C)c1Oc1ccc(OS(=O)(=O)O)c(C)c1. The van der Waals surface area contributed by atoms with E-state index in [1.165, 1.54) is 23.1 Å². The normalized spacial score (nSPS) is 12.1. The standard InChI is InChI=1S/C33H44N4O16S/c1-4-23-13-22(11-21(3)32(23)52-24-5-6-26(20(2)12-24)53-54(49,50)51)14-25(33(47)48)34-27(38)15-36(17-29(41)42)9-7-35(16-28(39)40)8-10-37(18-30(43)44)19-31(45)46/h5-6,11-13,25H,4,7-10,14-19H2,1-3H3,(H,34,38)(H,39,40)(H,41,42)(H,43,44)(H,45,46)(H,47,48)(H,49,50,51)/t25-/m0/s1. The third-order valence-corrected chi connectivity index (χ3v) is 8.08. The Morgan fingerprint density at radius 3 is 1.69 bits per heavy atom. The molecule has 0 saturated heterocycles. The van der Waals surface area contributed by atoms with E-state index in [0.29, 0.717) is 40.2 Å². The first kappa shape index (κ1) is 44.8. The number of hydrogen-bond donors (Lipinski definition) is 7. The fraction of sp³-hybridized carbons (Fsp3) is 0.455. The summed E-state index contributed by atoms with van der Waals surface area (Å²) in [5.74, 6) is -6.68. The van der Waals surface area contributed by atoms with E-state index >= 15 is 0 Å². The number of carbonyl (C=O) groups excluding carboxylic acids is 1. The minimum absolute atomic E-state index is 0.0953. The first-order valence-electron chi connectivity index (χ1n) is 16.3. The van der Waals surface area contributed by atoms with Gasteiger partial charge >= 0.3 is 40.2 Å². The number of aliphatic carboxylic acids is 5. The highest BCUT2D eigenvalue weighted by Gasteiger charge is 2.25. The quantitative estimate of drug-likeness (QED) is 0.0661. The Bertz CT molecular complexity index is 1790. The van der Waals surface area contributed by atoms with Gasteiger partial charge in [-0.2, -0.15) is 8.42 Å². The van der Waals surface area contributed by atoms with Crippen molar-refractivity contribution in [2.45, 2.75) is 39.7 Å². The van der Waals surface area contributed by atoms with E-state index in [-0.39, 0.29) is 38.3 Å². The van der Waals surface area contributed by atoms with Crippen molar-refractivity contribution in [3.05, 3.63) is 52.6 Å². The average Bonchev–Trinajstić information content (AvgIpc) is 3.02. The number of carbonyl (C=O) groups is 6. The van der Waals surface area contributed by atoms with E-state index < -0.39 is 84.9 Å². The molecule has 2 aromatic carbocycles. The van der Waals surface area contributed by atoms with Crippen molar-refractivity contribution in [2.24, 2.45) is 0 Å². The average molecular weight is 785 g/mol. The highest BCUT2D eigenvalue weighted by Crippen LogP contribution is 2.33. The molecule has 54 heavy (non-hydrogen) atoms. The Hall–Kier alpha value is -5.35. The van der Waals surface area contributed by atoms with Gasteiger partial charge in [-0.25, -0.2) is 4.79 Å². The third-order valence-electron chi connectivity index (χ3n) is 7.69. The van der Waals surface area contributed by atoms with Gasteiger partial charge in [-0.3, -0.25) is 43.2 Å². The molecule has 298 valence electrons. The number of rotatable bonds is 25. The van der Waals surface area contributed by atoms with Gasteiger partial charge in [0.1, 0.15) is 23.3 Å². The molecule has 0 heterocycles. The zero-order valence-electron chi connectivity index (χ0n) is 29.8. The van der Waals surface area contributed by atoms with Crippen LogP contribution in [0.2, 0.25) is 0 Å². The van der Waals surface area contributed by atoms with Gasteiger partial charge in [-0.15, -0.1) is 0 Å². The van der Waals surface area contributed by atoms with Crippen LogP contribution < -0.4 is 14.2 Å². The molecule has 0 unspecified atom stereocenters. The lowest BCUT2D eigenvalue weighted by atomic mass is 9.98. The van der Waals surface area contributed by atoms with Crippen LogP contribution in [0.5, 0.6) is 17.2 Å². The molecule has 0 saturated carbocycles. The maximum atomic E-state index is 13.0. The number of aryl methyl sites for hydroxylation is 3. The molecule has 0 aliphatic heterocycles. The van der Waals surface area contributed by atoms with Crippen LogP contribution in [0.3, 0.4) is 0 Å². The first-order chi connectivity index (χ1) is 25.1. The van der Waals surface area contributed by atoms with Crippen molar-refractivity contribution < 1.29 is 76.2 Å². The molecule has 0 aromatic heterocycles. The highest BCUT2D eigenvalue weighted by molar-refractivity contribution is 7.81. The number of benzene rings is 2. The van der Waals surface area contributed by atoms with Gasteiger partial charge in [0.15, 0.2) is 0 Å². The summed E-state index contributed by atoms with van der Waals surface area (Å²) in [5.41, 5.74) is 2.19. The van der Waals surface area contributed by atoms with Crippen LogP contribution in [0.15, 0.2) is 30.3 Å². The number of nitrogens with one attached hydrogen (secondary N) is 1. The van der Waals surface area contributed by atoms with Crippen LogP contribution in [-0.2, 0) is 52.0 Å². The molecule has 20 nitrogen and oxygen atoms in total. The maximum Gasteiger partial charge on any atom is 0.446 e. The highest BCUT2D eigenvalue weighted by atomic mass is 32.3. The molecule has 21 heteroatoms. The fourth-order valence-corrected chi connectivity index (χ4v) is 5.79. The lowest BCUT2D eigenvalue weighted by Gasteiger charge is -2.28. The van der Waals surface area contributed by atoms with Crippen LogP contribution in [0.25, 0.3) is 0 Å². The van der Waals surface area contributed by atoms with Crippen molar-refractivity contribution in [3.63, 3.8) is 0 Å². The van der Waals surface area contributed by atoms with Gasteiger partial charge < -0.3 is 39.8 Å². The first-order valence-corrected chi connectivity index (χ1v) is 17.7. The van der Waals surface area contributed by atoms with Crippen molar-refractivity contribution in [2.75, 3.05) is 58.9 Å². The Labute approximate surface area is 310 Å². The number of amides is 1. The molecule has 1 amide bonds. The maximum absolute atomic E-state index is 13.0. The molecular weight excluding hydrogens is 740 g/mol. The summed E-state index contributed by atoms with van der Waals surface area (Å²) < 4.78 is 41.7. The predicted molar refractivity (Wildman–Crippen MR) is 187 cm³/mol. The molecule has 7 N–H and O–H groups in total. The second-order valence-electron chi connectivity index (χ2n) is 12.2. The second kappa shape index (κ2) is 20.8. The lowest BCUT2D eigenvalue weighted by Crippen LogP contribution is -2.49. The molecule has 0 aliphatic rings. The van der Waals surface area contributed by atoms with Crippen molar-refractivity contribution >= 4 is 46.2 Å². The van der Waals surface area contributed by atoms with Crippen LogP contribution in [-0.4, -0.2) is 154 Å². The third kappa shape index (κ3) is 16.5. The number of hydrogen-bond acceptors (Lipinski definition) is 13. The monoisotopic (exact) mass is 784 g/mol. The van der Waals surface area contributed by atoms with Crippen LogP contribution >= 0.6 is 0 Å². The Kier molecular flexibility index (Phi) is 17.2. The summed E-state index contributed by atoms with van der Waals surface area (Å²) in [5, 5.41) is 49.2. The van der Waals surface area contributed by atoms with E-state index in [1.54, 1.807) is 26.0 Å². The van der Waals surface area contributed by atoms with Gasteiger partial charge in [0.25, 0.3) is 0 Å². The molecule has 1 atom stereocenters. The molecule has 0 radical (unpaired) electrons. The predicted octanol–water partition coefficient (Wildman–Crippen LogP) is 0.196. The Morgan fingerprint density at radius 1 is 0.722 bits per heavy atom. The summed E-state index contributed by atoms with van der Waals surface area (Å²) in [7, 11) is -4.73. The molecule has 2 rings (SSSR count). The summed E-state index contributed by atoms with van der Waals surface area (Å²) in [6, 6.07) is 6.18. The van der Waals surface area contributed by atoms with Crippen molar-refractivity contribution in [1.82, 2.24) is 20.0 Å². The Morgan fingerprint density at radius 2 is 1.22 bits per heavy atom. The fourth-order valence-electron chi connectivity index (χ4n) is 5.37. The zero-order chi connectivity index (χ0) is 40.7. The molecule has 0 aliphatic carbocycles. The Balaban J connectivity index is 2.16.